The van der Waals surface area contributed by atoms with Crippen molar-refractivity contribution in [1.82, 2.24) is 0 Å². The number of aliphatic hydroxyl groups excluding tert-OH is 1. The van der Waals surface area contributed by atoms with Gasteiger partial charge in [0.2, 0.25) is 0 Å². The van der Waals surface area contributed by atoms with Crippen molar-refractivity contribution in [3.8, 4) is 5.75 Å². The average Bonchev–Trinajstić information content (AvgIpc) is 2.81. The van der Waals surface area contributed by atoms with Crippen molar-refractivity contribution in [3.05, 3.63) is 40.5 Å². The molecule has 0 amide bonds. The number of allylic oxidation sites excluding steroid dienone is 1. The number of aromatic hydroxyl groups is 1. The van der Waals surface area contributed by atoms with Crippen LogP contribution >= 0.6 is 0 Å². The number of aliphatic hydroxyl groups is 1. The number of hydrogen-bond donors (Lipinski definition) is 2. The summed E-state index contributed by atoms with van der Waals surface area (Å²) >= 11 is 0. The highest BCUT2D eigenvalue weighted by Crippen LogP contribution is 2.61. The fourth-order valence-electron chi connectivity index (χ4n) is 5.91. The largest absolute Gasteiger partial charge is 0.508 e. The van der Waals surface area contributed by atoms with Crippen LogP contribution in [-0.4, -0.2) is 16.3 Å². The summed E-state index contributed by atoms with van der Waals surface area (Å²) in [5.74, 6) is 0.392. The molecule has 2 N–H and O–H groups in total. The number of phenols is 1. The molecule has 1 aromatic carbocycles. The number of aryl methyl sites for hydroxylation is 1. The molecule has 3 aliphatic carbocycles. The Morgan fingerprint density at radius 2 is 2.00 bits per heavy atom. The van der Waals surface area contributed by atoms with Crippen LogP contribution in [0, 0.1) is 5.41 Å². The molecule has 1 aromatic rings. The van der Waals surface area contributed by atoms with Crippen molar-refractivity contribution < 1.29 is 10.2 Å². The molecule has 0 aliphatic heterocycles. The van der Waals surface area contributed by atoms with Gasteiger partial charge in [-0.05, 0) is 73.6 Å². The van der Waals surface area contributed by atoms with Crippen molar-refractivity contribution >= 4 is 0 Å². The van der Waals surface area contributed by atoms with Gasteiger partial charge in [-0.3, -0.25) is 0 Å². The van der Waals surface area contributed by atoms with E-state index in [-0.39, 0.29) is 16.9 Å². The van der Waals surface area contributed by atoms with Crippen molar-refractivity contribution in [2.75, 3.05) is 0 Å². The second-order valence-corrected chi connectivity index (χ2v) is 8.25. The number of benzene rings is 1. The Balaban J connectivity index is 1.92. The monoisotopic (exact) mass is 312 g/mol. The molecule has 1 fully saturated rings. The molecule has 4 rings (SSSR count). The number of hydrogen-bond acceptors (Lipinski definition) is 2. The lowest BCUT2D eigenvalue weighted by atomic mass is 9.54. The summed E-state index contributed by atoms with van der Waals surface area (Å²) in [6.07, 6.45) is 8.55. The summed E-state index contributed by atoms with van der Waals surface area (Å²) in [6.45, 7) is 4.65. The van der Waals surface area contributed by atoms with Crippen LogP contribution in [0.4, 0.5) is 0 Å². The molecule has 1 saturated carbocycles. The van der Waals surface area contributed by atoms with Crippen LogP contribution in [0.5, 0.6) is 5.75 Å². The highest BCUT2D eigenvalue weighted by atomic mass is 16.3. The maximum atomic E-state index is 10.3. The fourth-order valence-corrected chi connectivity index (χ4v) is 5.91. The predicted molar refractivity (Wildman–Crippen MR) is 92.6 cm³/mol. The molecule has 124 valence electrons. The van der Waals surface area contributed by atoms with E-state index in [0.29, 0.717) is 5.75 Å². The minimum absolute atomic E-state index is 0.152. The van der Waals surface area contributed by atoms with Gasteiger partial charge >= 0.3 is 0 Å². The van der Waals surface area contributed by atoms with E-state index in [4.69, 9.17) is 0 Å². The Bertz CT molecular complexity index is 674. The Hall–Kier alpha value is -1.28. The highest BCUT2D eigenvalue weighted by Gasteiger charge is 2.51. The maximum absolute atomic E-state index is 10.3. The number of rotatable bonds is 2. The summed E-state index contributed by atoms with van der Waals surface area (Å²) in [5.41, 5.74) is 6.39. The van der Waals surface area contributed by atoms with Gasteiger partial charge in [0.25, 0.3) is 0 Å². The molecule has 0 spiro atoms. The standard InChI is InChI=1S/C21H28O2/c1-3-8-21-10-9-20(2)13-16(23)12-19(20)18(21)6-4-14-11-15(22)5-7-17(14)21/h5,7,11,16,22-23H,3-4,6,8-10,12-13H2,1-2H3/t16-,20-,21+/m1/s1. The summed E-state index contributed by atoms with van der Waals surface area (Å²) < 4.78 is 0. The van der Waals surface area contributed by atoms with Crippen LogP contribution < -0.4 is 0 Å². The van der Waals surface area contributed by atoms with Gasteiger partial charge in [-0.2, -0.15) is 0 Å². The SMILES string of the molecule is CCC[C@@]12CC[C@]3(C)C[C@H](O)CC3=C1CCc1cc(O)ccc12. The highest BCUT2D eigenvalue weighted by molar-refractivity contribution is 5.52. The van der Waals surface area contributed by atoms with Gasteiger partial charge < -0.3 is 10.2 Å². The Kier molecular flexibility index (Phi) is 3.39. The van der Waals surface area contributed by atoms with Crippen LogP contribution in [0.3, 0.4) is 0 Å². The average molecular weight is 312 g/mol. The van der Waals surface area contributed by atoms with Gasteiger partial charge in [0.15, 0.2) is 0 Å². The molecule has 0 bridgehead atoms. The summed E-state index contributed by atoms with van der Waals surface area (Å²) in [5, 5.41) is 20.2. The molecular weight excluding hydrogens is 284 g/mol. The fraction of sp³-hybridized carbons (Fsp3) is 0.619. The van der Waals surface area contributed by atoms with E-state index < -0.39 is 0 Å². The first-order valence-corrected chi connectivity index (χ1v) is 9.22. The van der Waals surface area contributed by atoms with E-state index >= 15 is 0 Å². The third-order valence-corrected chi connectivity index (χ3v) is 6.83. The van der Waals surface area contributed by atoms with Crippen molar-refractivity contribution in [2.24, 2.45) is 5.41 Å². The first-order valence-electron chi connectivity index (χ1n) is 9.22. The van der Waals surface area contributed by atoms with Crippen molar-refractivity contribution in [1.29, 1.82) is 0 Å². The Morgan fingerprint density at radius 1 is 1.17 bits per heavy atom. The molecule has 23 heavy (non-hydrogen) atoms. The molecule has 0 aromatic heterocycles. The Labute approximate surface area is 139 Å². The first kappa shape index (κ1) is 15.3. The summed E-state index contributed by atoms with van der Waals surface area (Å²) in [7, 11) is 0. The van der Waals surface area contributed by atoms with Crippen molar-refractivity contribution in [2.45, 2.75) is 76.7 Å². The minimum Gasteiger partial charge on any atom is -0.508 e. The zero-order chi connectivity index (χ0) is 16.2. The van der Waals surface area contributed by atoms with E-state index in [2.05, 4.69) is 19.9 Å². The second-order valence-electron chi connectivity index (χ2n) is 8.25. The van der Waals surface area contributed by atoms with E-state index in [1.54, 1.807) is 11.1 Å². The maximum Gasteiger partial charge on any atom is 0.115 e. The summed E-state index contributed by atoms with van der Waals surface area (Å²) in [4.78, 5) is 0. The minimum atomic E-state index is -0.152. The van der Waals surface area contributed by atoms with Crippen LogP contribution in [0.25, 0.3) is 0 Å². The van der Waals surface area contributed by atoms with Crippen LogP contribution in [0.1, 0.15) is 69.9 Å². The molecule has 0 saturated heterocycles. The smallest absolute Gasteiger partial charge is 0.115 e. The second kappa shape index (κ2) is 5.11. The molecule has 0 unspecified atom stereocenters. The quantitative estimate of drug-likeness (QED) is 0.782. The van der Waals surface area contributed by atoms with E-state index in [1.807, 2.05) is 12.1 Å². The summed E-state index contributed by atoms with van der Waals surface area (Å²) in [6, 6.07) is 6.01. The van der Waals surface area contributed by atoms with Gasteiger partial charge in [0.05, 0.1) is 6.10 Å². The molecule has 2 heteroatoms. The molecule has 0 radical (unpaired) electrons. The van der Waals surface area contributed by atoms with Gasteiger partial charge in [0, 0.05) is 5.41 Å². The van der Waals surface area contributed by atoms with Gasteiger partial charge in [-0.25, -0.2) is 0 Å². The molecule has 2 nitrogen and oxygen atoms in total. The molecule has 0 heterocycles. The van der Waals surface area contributed by atoms with Gasteiger partial charge in [-0.1, -0.05) is 37.5 Å². The zero-order valence-corrected chi connectivity index (χ0v) is 14.4. The Morgan fingerprint density at radius 3 is 2.78 bits per heavy atom. The molecule has 3 aliphatic rings. The van der Waals surface area contributed by atoms with Gasteiger partial charge in [0.1, 0.15) is 5.75 Å². The lowest BCUT2D eigenvalue weighted by molar-refractivity contribution is 0.155. The normalized spacial score (nSPS) is 35.7. The third-order valence-electron chi connectivity index (χ3n) is 6.83. The van der Waals surface area contributed by atoms with Crippen LogP contribution in [0.2, 0.25) is 0 Å². The predicted octanol–water partition coefficient (Wildman–Crippen LogP) is 4.63. The van der Waals surface area contributed by atoms with Gasteiger partial charge in [-0.15, -0.1) is 0 Å². The van der Waals surface area contributed by atoms with E-state index in [9.17, 15) is 10.2 Å². The van der Waals surface area contributed by atoms with Crippen LogP contribution in [-0.2, 0) is 11.8 Å². The molecular formula is C21H28O2. The van der Waals surface area contributed by atoms with Crippen molar-refractivity contribution in [3.63, 3.8) is 0 Å². The van der Waals surface area contributed by atoms with E-state index in [0.717, 1.165) is 25.7 Å². The first-order chi connectivity index (χ1) is 11.0. The topological polar surface area (TPSA) is 40.5 Å². The number of phenolic OH excluding ortho intramolecular Hbond substituents is 1. The zero-order valence-electron chi connectivity index (χ0n) is 14.4. The molecule has 3 atom stereocenters. The van der Waals surface area contributed by atoms with Crippen LogP contribution in [0.15, 0.2) is 29.3 Å². The lowest BCUT2D eigenvalue weighted by Crippen LogP contribution is -2.40. The lowest BCUT2D eigenvalue weighted by Gasteiger charge is -2.50. The number of fused-ring (bicyclic) bond motifs is 4. The van der Waals surface area contributed by atoms with E-state index in [1.165, 1.54) is 36.8 Å². The third kappa shape index (κ3) is 2.11.